The summed E-state index contributed by atoms with van der Waals surface area (Å²) in [7, 11) is 0.680. The fraction of sp³-hybridized carbons (Fsp3) is 0.125. The van der Waals surface area contributed by atoms with Gasteiger partial charge >= 0.3 is 15.3 Å². The Morgan fingerprint density at radius 2 is 2.12 bits per heavy atom. The number of ether oxygens (including phenoxy) is 1. The molecule has 1 rings (SSSR count). The Morgan fingerprint density at radius 1 is 1.50 bits per heavy atom. The maximum atomic E-state index is 11.0. The van der Waals surface area contributed by atoms with Gasteiger partial charge < -0.3 is 4.74 Å². The predicted octanol–water partition coefficient (Wildman–Crippen LogP) is 2.33. The zero-order chi connectivity index (χ0) is 12.3. The molecule has 0 aliphatic heterocycles. The normalized spacial score (nSPS) is 10.9. The molecule has 0 bridgehead atoms. The largest absolute Gasteiger partial charge is 0.427 e. The summed E-state index contributed by atoms with van der Waals surface area (Å²) in [5.74, 6) is 0.221. The van der Waals surface area contributed by atoms with Crippen molar-refractivity contribution in [2.75, 3.05) is 0 Å². The fourth-order valence-corrected chi connectivity index (χ4v) is 1.58. The summed E-state index contributed by atoms with van der Waals surface area (Å²) in [4.78, 5) is 11.0. The molecule has 0 saturated heterocycles. The molecule has 16 heavy (non-hydrogen) atoms. The van der Waals surface area contributed by atoms with Crippen LogP contribution < -0.4 is 9.46 Å². The predicted molar refractivity (Wildman–Crippen MR) is 62.8 cm³/mol. The van der Waals surface area contributed by atoms with E-state index >= 15 is 0 Å². The Bertz CT molecular complexity index is 517. The lowest BCUT2D eigenvalue weighted by molar-refractivity contribution is 0.207. The lowest BCUT2D eigenvalue weighted by Crippen LogP contribution is -2.29. The summed E-state index contributed by atoms with van der Waals surface area (Å²) in [6.07, 6.45) is -1.16. The topological polar surface area (TPSA) is 72.5 Å². The first-order valence-electron chi connectivity index (χ1n) is 3.98. The van der Waals surface area contributed by atoms with E-state index in [1.54, 1.807) is 19.1 Å². The quantitative estimate of drug-likeness (QED) is 0.846. The highest BCUT2D eigenvalue weighted by molar-refractivity contribution is 9.10. The number of halogens is 2. The molecule has 5 nitrogen and oxygen atoms in total. The second kappa shape index (κ2) is 5.03. The van der Waals surface area contributed by atoms with Crippen LogP contribution in [0, 0.1) is 6.92 Å². The lowest BCUT2D eigenvalue weighted by Gasteiger charge is -2.05. The van der Waals surface area contributed by atoms with Crippen molar-refractivity contribution < 1.29 is 17.9 Å². The first-order chi connectivity index (χ1) is 7.28. The minimum absolute atomic E-state index is 0.221. The number of hydrogen-bond acceptors (Lipinski definition) is 4. The second-order valence-electron chi connectivity index (χ2n) is 2.84. The van der Waals surface area contributed by atoms with Gasteiger partial charge in [0.2, 0.25) is 0 Å². The Labute approximate surface area is 105 Å². The molecule has 0 aromatic heterocycles. The van der Waals surface area contributed by atoms with Gasteiger partial charge in [-0.25, -0.2) is 9.52 Å². The molecule has 0 aliphatic rings. The van der Waals surface area contributed by atoms with Crippen molar-refractivity contribution in [1.82, 2.24) is 4.72 Å². The fourth-order valence-electron chi connectivity index (χ4n) is 0.908. The Hall–Kier alpha value is -0.790. The summed E-state index contributed by atoms with van der Waals surface area (Å²) in [5.41, 5.74) is 0.846. The number of amides is 1. The van der Waals surface area contributed by atoms with Crippen LogP contribution in [-0.2, 0) is 9.24 Å². The number of hydrogen-bond donors (Lipinski definition) is 1. The molecular formula is C8H7BrClNO4S. The van der Waals surface area contributed by atoms with Crippen LogP contribution in [0.5, 0.6) is 5.75 Å². The zero-order valence-electron chi connectivity index (χ0n) is 8.03. The molecular weight excluding hydrogens is 322 g/mol. The van der Waals surface area contributed by atoms with Gasteiger partial charge in [0, 0.05) is 15.2 Å². The molecule has 0 fully saturated rings. The maximum absolute atomic E-state index is 11.0. The number of carbonyl (C=O) groups excluding carboxylic acids is 1. The van der Waals surface area contributed by atoms with Crippen LogP contribution in [0.2, 0.25) is 0 Å². The molecule has 0 saturated carbocycles. The molecule has 0 aliphatic carbocycles. The molecule has 0 spiro atoms. The van der Waals surface area contributed by atoms with Gasteiger partial charge in [0.25, 0.3) is 0 Å². The number of benzene rings is 1. The van der Waals surface area contributed by atoms with Gasteiger partial charge in [-0.1, -0.05) is 15.9 Å². The van der Waals surface area contributed by atoms with Crippen molar-refractivity contribution >= 4 is 41.9 Å². The molecule has 88 valence electrons. The van der Waals surface area contributed by atoms with E-state index in [1.165, 1.54) is 10.8 Å². The van der Waals surface area contributed by atoms with E-state index in [9.17, 15) is 13.2 Å². The maximum Gasteiger partial charge on any atom is 0.427 e. The van der Waals surface area contributed by atoms with Gasteiger partial charge in [-0.05, 0) is 30.7 Å². The molecule has 0 unspecified atom stereocenters. The van der Waals surface area contributed by atoms with Crippen molar-refractivity contribution in [2.24, 2.45) is 0 Å². The molecule has 1 aromatic rings. The van der Waals surface area contributed by atoms with Gasteiger partial charge in [-0.3, -0.25) is 0 Å². The van der Waals surface area contributed by atoms with Crippen LogP contribution in [0.3, 0.4) is 0 Å². The van der Waals surface area contributed by atoms with Gasteiger partial charge in [0.05, 0.1) is 0 Å². The van der Waals surface area contributed by atoms with Crippen LogP contribution in [-0.4, -0.2) is 14.5 Å². The zero-order valence-corrected chi connectivity index (χ0v) is 11.2. The summed E-state index contributed by atoms with van der Waals surface area (Å²) < 4.78 is 28.0. The Balaban J connectivity index is 2.74. The van der Waals surface area contributed by atoms with Crippen molar-refractivity contribution in [3.05, 3.63) is 28.2 Å². The van der Waals surface area contributed by atoms with E-state index < -0.39 is 15.3 Å². The summed E-state index contributed by atoms with van der Waals surface area (Å²) in [6.45, 7) is 1.80. The van der Waals surface area contributed by atoms with Gasteiger partial charge in [-0.2, -0.15) is 8.42 Å². The molecule has 1 N–H and O–H groups in total. The summed E-state index contributed by atoms with van der Waals surface area (Å²) in [6, 6.07) is 4.76. The SMILES string of the molecule is Cc1cc(OC(=O)NS(=O)(=O)Cl)ccc1Br. The van der Waals surface area contributed by atoms with E-state index in [-0.39, 0.29) is 5.75 Å². The van der Waals surface area contributed by atoms with Crippen molar-refractivity contribution in [3.8, 4) is 5.75 Å². The highest BCUT2D eigenvalue weighted by Gasteiger charge is 2.12. The minimum atomic E-state index is -4.12. The first kappa shape index (κ1) is 13.3. The highest BCUT2D eigenvalue weighted by Crippen LogP contribution is 2.21. The molecule has 0 atom stereocenters. The first-order valence-corrected chi connectivity index (χ1v) is 7.08. The van der Waals surface area contributed by atoms with Crippen LogP contribution in [0.15, 0.2) is 22.7 Å². The van der Waals surface area contributed by atoms with E-state index in [1.807, 2.05) is 0 Å². The third-order valence-corrected chi connectivity index (χ3v) is 3.08. The van der Waals surface area contributed by atoms with Gasteiger partial charge in [0.1, 0.15) is 5.75 Å². The van der Waals surface area contributed by atoms with Crippen LogP contribution in [0.1, 0.15) is 5.56 Å². The van der Waals surface area contributed by atoms with E-state index in [4.69, 9.17) is 15.4 Å². The highest BCUT2D eigenvalue weighted by atomic mass is 79.9. The average Bonchev–Trinajstić information content (AvgIpc) is 2.08. The van der Waals surface area contributed by atoms with E-state index in [0.717, 1.165) is 10.0 Å². The minimum Gasteiger partial charge on any atom is -0.410 e. The monoisotopic (exact) mass is 327 g/mol. The van der Waals surface area contributed by atoms with E-state index in [0.29, 0.717) is 0 Å². The van der Waals surface area contributed by atoms with Crippen LogP contribution in [0.4, 0.5) is 4.79 Å². The Kier molecular flexibility index (Phi) is 4.17. The number of rotatable bonds is 2. The third kappa shape index (κ3) is 4.38. The average molecular weight is 329 g/mol. The van der Waals surface area contributed by atoms with E-state index in [2.05, 4.69) is 15.9 Å². The van der Waals surface area contributed by atoms with Crippen molar-refractivity contribution in [1.29, 1.82) is 0 Å². The van der Waals surface area contributed by atoms with Crippen LogP contribution >= 0.6 is 26.6 Å². The molecule has 8 heteroatoms. The number of carbonyl (C=O) groups is 1. The third-order valence-electron chi connectivity index (χ3n) is 1.55. The van der Waals surface area contributed by atoms with Crippen molar-refractivity contribution in [3.63, 3.8) is 0 Å². The number of nitrogens with one attached hydrogen (secondary N) is 1. The second-order valence-corrected chi connectivity index (χ2v) is 5.99. The lowest BCUT2D eigenvalue weighted by atomic mass is 10.2. The van der Waals surface area contributed by atoms with Gasteiger partial charge in [-0.15, -0.1) is 0 Å². The summed E-state index contributed by atoms with van der Waals surface area (Å²) in [5, 5.41) is 0. The molecule has 0 heterocycles. The molecule has 1 amide bonds. The standard InChI is InChI=1S/C8H7BrClNO4S/c1-5-4-6(2-3-7(5)9)15-8(12)11-16(10,13)14/h2-4H,1H3,(H,11,12). The number of aryl methyl sites for hydroxylation is 1. The molecule has 1 aromatic carbocycles. The molecule has 0 radical (unpaired) electrons. The Morgan fingerprint density at radius 3 is 2.62 bits per heavy atom. The smallest absolute Gasteiger partial charge is 0.410 e. The summed E-state index contributed by atoms with van der Waals surface area (Å²) >= 11 is 3.27. The van der Waals surface area contributed by atoms with Gasteiger partial charge in [0.15, 0.2) is 0 Å². The van der Waals surface area contributed by atoms with Crippen molar-refractivity contribution in [2.45, 2.75) is 6.92 Å². The van der Waals surface area contributed by atoms with Crippen LogP contribution in [0.25, 0.3) is 0 Å².